The van der Waals surface area contributed by atoms with E-state index >= 15 is 0 Å². The van der Waals surface area contributed by atoms with E-state index in [-0.39, 0.29) is 23.0 Å². The first-order chi connectivity index (χ1) is 15.6. The minimum absolute atomic E-state index is 0.0264. The number of hydrogen-bond acceptors (Lipinski definition) is 6. The highest BCUT2D eigenvalue weighted by Gasteiger charge is 2.19. The molecule has 0 atom stereocenters. The van der Waals surface area contributed by atoms with Gasteiger partial charge in [0.05, 0.1) is 22.3 Å². The van der Waals surface area contributed by atoms with Crippen molar-refractivity contribution < 1.29 is 49.1 Å². The van der Waals surface area contributed by atoms with Gasteiger partial charge in [-0.3, -0.25) is 0 Å². The molecule has 3 rings (SSSR count). The number of hydrogen-bond donors (Lipinski definition) is 4. The van der Waals surface area contributed by atoms with Gasteiger partial charge in [-0.15, -0.1) is 0 Å². The molecule has 0 saturated heterocycles. The van der Waals surface area contributed by atoms with Gasteiger partial charge in [-0.2, -0.15) is 0 Å². The maximum atomic E-state index is 11.4. The number of aryl methyl sites for hydroxylation is 1. The third-order valence-electron chi connectivity index (χ3n) is 4.46. The molecule has 0 fully saturated rings. The fourth-order valence-corrected chi connectivity index (χ4v) is 2.93. The van der Waals surface area contributed by atoms with E-state index in [2.05, 4.69) is 0 Å². The van der Waals surface area contributed by atoms with Crippen molar-refractivity contribution in [3.05, 3.63) is 82.4 Å². The average molecular weight is 452 g/mol. The third-order valence-corrected chi connectivity index (χ3v) is 4.46. The van der Waals surface area contributed by atoms with Gasteiger partial charge in [0.1, 0.15) is 11.5 Å². The monoisotopic (exact) mass is 452 g/mol. The fraction of sp³-hybridized carbons (Fsp3) is 0.0435. The molecule has 3 aromatic carbocycles. The van der Waals surface area contributed by atoms with Crippen LogP contribution in [0.3, 0.4) is 0 Å². The highest BCUT2D eigenvalue weighted by molar-refractivity contribution is 6.02. The highest BCUT2D eigenvalue weighted by atomic mass is 16.5. The predicted molar refractivity (Wildman–Crippen MR) is 112 cm³/mol. The van der Waals surface area contributed by atoms with Gasteiger partial charge in [-0.1, -0.05) is 6.07 Å². The first-order valence-electron chi connectivity index (χ1n) is 9.24. The summed E-state index contributed by atoms with van der Waals surface area (Å²) in [6.45, 7) is 1.76. The van der Waals surface area contributed by atoms with E-state index < -0.39 is 46.1 Å². The van der Waals surface area contributed by atoms with Gasteiger partial charge in [0.15, 0.2) is 11.5 Å². The van der Waals surface area contributed by atoms with E-state index in [9.17, 15) is 29.4 Å². The van der Waals surface area contributed by atoms with Crippen molar-refractivity contribution in [2.45, 2.75) is 6.92 Å². The van der Waals surface area contributed by atoms with Crippen LogP contribution < -0.4 is 9.47 Å². The topological polar surface area (TPSA) is 168 Å². The molecule has 0 bridgehead atoms. The smallest absolute Gasteiger partial charge is 0.336 e. The first-order valence-corrected chi connectivity index (χ1v) is 9.24. The molecule has 0 amide bonds. The molecule has 10 heteroatoms. The number of aromatic carboxylic acids is 4. The number of ether oxygens (including phenoxy) is 2. The van der Waals surface area contributed by atoms with Crippen LogP contribution in [0.15, 0.2) is 54.6 Å². The molecule has 10 nitrogen and oxygen atoms in total. The lowest BCUT2D eigenvalue weighted by Crippen LogP contribution is -2.08. The lowest BCUT2D eigenvalue weighted by Gasteiger charge is -2.14. The fourth-order valence-electron chi connectivity index (χ4n) is 2.93. The van der Waals surface area contributed by atoms with Gasteiger partial charge < -0.3 is 29.9 Å². The van der Waals surface area contributed by atoms with E-state index in [1.54, 1.807) is 19.1 Å². The largest absolute Gasteiger partial charge is 0.478 e. The zero-order valence-corrected chi connectivity index (χ0v) is 16.9. The first kappa shape index (κ1) is 22.8. The average Bonchev–Trinajstić information content (AvgIpc) is 2.75. The summed E-state index contributed by atoms with van der Waals surface area (Å²) in [6, 6.07) is 11.7. The van der Waals surface area contributed by atoms with E-state index in [0.29, 0.717) is 0 Å². The van der Waals surface area contributed by atoms with Gasteiger partial charge in [-0.25, -0.2) is 19.2 Å². The Labute approximate surface area is 185 Å². The van der Waals surface area contributed by atoms with Crippen LogP contribution in [0.25, 0.3) is 0 Å². The molecule has 0 spiro atoms. The molecule has 0 saturated carbocycles. The van der Waals surface area contributed by atoms with Gasteiger partial charge >= 0.3 is 23.9 Å². The van der Waals surface area contributed by atoms with Crippen molar-refractivity contribution in [1.82, 2.24) is 0 Å². The molecule has 3 aromatic rings. The Morgan fingerprint density at radius 2 is 0.970 bits per heavy atom. The minimum atomic E-state index is -1.45. The van der Waals surface area contributed by atoms with Crippen molar-refractivity contribution in [2.75, 3.05) is 0 Å². The molecular formula is C23H16O10. The van der Waals surface area contributed by atoms with Crippen LogP contribution in [-0.4, -0.2) is 44.3 Å². The van der Waals surface area contributed by atoms with Crippen LogP contribution in [0.2, 0.25) is 0 Å². The number of carboxylic acids is 4. The summed E-state index contributed by atoms with van der Waals surface area (Å²) in [5, 5.41) is 36.9. The van der Waals surface area contributed by atoms with Crippen molar-refractivity contribution in [2.24, 2.45) is 0 Å². The maximum Gasteiger partial charge on any atom is 0.336 e. The standard InChI is InChI=1S/C23H16O10/c1-11-2-7-18(32-12-3-5-14(20(24)25)16(9-12)22(28)29)19(8-11)33-13-4-6-15(21(26)27)17(10-13)23(30)31/h2-10H,1H3,(H,24,25)(H,26,27)(H,28,29)(H,30,31). The van der Waals surface area contributed by atoms with E-state index in [0.717, 1.165) is 29.8 Å². The highest BCUT2D eigenvalue weighted by Crippen LogP contribution is 2.36. The van der Waals surface area contributed by atoms with Crippen molar-refractivity contribution in [3.8, 4) is 23.0 Å². The van der Waals surface area contributed by atoms with Gasteiger partial charge in [0.25, 0.3) is 0 Å². The summed E-state index contributed by atoms with van der Waals surface area (Å²) >= 11 is 0. The second-order valence-corrected chi connectivity index (χ2v) is 6.79. The van der Waals surface area contributed by atoms with Gasteiger partial charge in [-0.05, 0) is 61.0 Å². The van der Waals surface area contributed by atoms with E-state index in [4.69, 9.17) is 19.7 Å². The van der Waals surface area contributed by atoms with Crippen LogP contribution >= 0.6 is 0 Å². The molecule has 0 aromatic heterocycles. The van der Waals surface area contributed by atoms with Crippen LogP contribution in [0.1, 0.15) is 47.0 Å². The normalized spacial score (nSPS) is 10.3. The molecular weight excluding hydrogens is 436 g/mol. The zero-order valence-electron chi connectivity index (χ0n) is 16.9. The lowest BCUT2D eigenvalue weighted by atomic mass is 10.1. The quantitative estimate of drug-likeness (QED) is 0.385. The SMILES string of the molecule is Cc1ccc(Oc2ccc(C(=O)O)c(C(=O)O)c2)c(Oc2ccc(C(=O)O)c(C(=O)O)c2)c1. The molecule has 33 heavy (non-hydrogen) atoms. The third kappa shape index (κ3) is 5.07. The Morgan fingerprint density at radius 1 is 0.545 bits per heavy atom. The maximum absolute atomic E-state index is 11.4. The summed E-state index contributed by atoms with van der Waals surface area (Å²) < 4.78 is 11.4. The second kappa shape index (κ2) is 9.10. The van der Waals surface area contributed by atoms with Crippen LogP contribution in [0.4, 0.5) is 0 Å². The number of carboxylic acid groups (broad SMARTS) is 4. The van der Waals surface area contributed by atoms with Crippen molar-refractivity contribution in [3.63, 3.8) is 0 Å². The molecule has 0 aliphatic rings. The summed E-state index contributed by atoms with van der Waals surface area (Å²) in [5.41, 5.74) is -0.994. The number of rotatable bonds is 8. The number of carbonyl (C=O) groups is 4. The summed E-state index contributed by atoms with van der Waals surface area (Å²) in [7, 11) is 0. The van der Waals surface area contributed by atoms with Crippen LogP contribution in [0.5, 0.6) is 23.0 Å². The van der Waals surface area contributed by atoms with E-state index in [1.807, 2.05) is 0 Å². The summed E-state index contributed by atoms with van der Waals surface area (Å²) in [6.07, 6.45) is 0. The molecule has 0 aliphatic heterocycles. The summed E-state index contributed by atoms with van der Waals surface area (Å²) in [5.74, 6) is -5.39. The molecule has 4 N–H and O–H groups in total. The minimum Gasteiger partial charge on any atom is -0.478 e. The molecule has 168 valence electrons. The molecule has 0 radical (unpaired) electrons. The Kier molecular flexibility index (Phi) is 6.29. The molecule has 0 aliphatic carbocycles. The van der Waals surface area contributed by atoms with Gasteiger partial charge in [0.2, 0.25) is 0 Å². The van der Waals surface area contributed by atoms with Crippen LogP contribution in [-0.2, 0) is 0 Å². The summed E-state index contributed by atoms with van der Waals surface area (Å²) in [4.78, 5) is 45.3. The van der Waals surface area contributed by atoms with Gasteiger partial charge in [0, 0.05) is 0 Å². The van der Waals surface area contributed by atoms with Crippen molar-refractivity contribution >= 4 is 23.9 Å². The van der Waals surface area contributed by atoms with Crippen LogP contribution in [0, 0.1) is 6.92 Å². The Morgan fingerprint density at radius 3 is 1.39 bits per heavy atom. The Bertz CT molecular complexity index is 1290. The Hall–Kier alpha value is -4.86. The predicted octanol–water partition coefficient (Wildman–Crippen LogP) is 4.37. The Balaban J connectivity index is 1.99. The lowest BCUT2D eigenvalue weighted by molar-refractivity contribution is 0.0651. The molecule has 0 unspecified atom stereocenters. The second-order valence-electron chi connectivity index (χ2n) is 6.79. The van der Waals surface area contributed by atoms with E-state index in [1.165, 1.54) is 18.2 Å². The molecule has 0 heterocycles. The number of benzene rings is 3. The van der Waals surface area contributed by atoms with Crippen molar-refractivity contribution in [1.29, 1.82) is 0 Å². The zero-order chi connectivity index (χ0) is 24.3.